The lowest BCUT2D eigenvalue weighted by molar-refractivity contribution is -0.136. The number of carbonyl (C=O) groups is 2. The maximum absolute atomic E-state index is 12.5. The molecule has 0 saturated carbocycles. The minimum absolute atomic E-state index is 0.0598. The number of rotatable bonds is 4. The van der Waals surface area contributed by atoms with Crippen molar-refractivity contribution in [3.8, 4) is 0 Å². The normalized spacial score (nSPS) is 20.8. The SMILES string of the molecule is CC(C)c1nc(CN(C)C(=O)[C@@H]2CSC(C)(C)C(=O)N2)cs1. The molecule has 0 radical (unpaired) electrons. The molecule has 2 amide bonds. The molecule has 0 spiro atoms. The average molecular weight is 342 g/mol. The van der Waals surface area contributed by atoms with Crippen molar-refractivity contribution in [1.29, 1.82) is 0 Å². The molecular weight excluding hydrogens is 318 g/mol. The van der Waals surface area contributed by atoms with E-state index >= 15 is 0 Å². The summed E-state index contributed by atoms with van der Waals surface area (Å²) in [6.07, 6.45) is 0. The van der Waals surface area contributed by atoms with Gasteiger partial charge < -0.3 is 10.2 Å². The molecule has 1 aromatic rings. The minimum Gasteiger partial charge on any atom is -0.342 e. The smallest absolute Gasteiger partial charge is 0.246 e. The van der Waals surface area contributed by atoms with Crippen molar-refractivity contribution in [2.75, 3.05) is 12.8 Å². The summed E-state index contributed by atoms with van der Waals surface area (Å²) < 4.78 is -0.462. The number of hydrogen-bond donors (Lipinski definition) is 1. The lowest BCUT2D eigenvalue weighted by Gasteiger charge is -2.34. The molecule has 0 aliphatic carbocycles. The van der Waals surface area contributed by atoms with E-state index in [1.165, 1.54) is 11.8 Å². The van der Waals surface area contributed by atoms with Gasteiger partial charge in [-0.1, -0.05) is 13.8 Å². The average Bonchev–Trinajstić information content (AvgIpc) is 2.89. The molecule has 22 heavy (non-hydrogen) atoms. The predicted molar refractivity (Wildman–Crippen MR) is 91.1 cm³/mol. The van der Waals surface area contributed by atoms with Gasteiger partial charge in [0.2, 0.25) is 11.8 Å². The number of aromatic nitrogens is 1. The van der Waals surface area contributed by atoms with Crippen molar-refractivity contribution in [2.45, 2.75) is 50.9 Å². The molecule has 0 aromatic carbocycles. The van der Waals surface area contributed by atoms with Crippen molar-refractivity contribution >= 4 is 34.9 Å². The Hall–Kier alpha value is -1.08. The quantitative estimate of drug-likeness (QED) is 0.912. The fourth-order valence-corrected chi connectivity index (χ4v) is 3.94. The maximum Gasteiger partial charge on any atom is 0.246 e. The number of nitrogens with one attached hydrogen (secondary N) is 1. The third kappa shape index (κ3) is 3.81. The van der Waals surface area contributed by atoms with Crippen molar-refractivity contribution in [2.24, 2.45) is 0 Å². The zero-order valence-electron chi connectivity index (χ0n) is 13.7. The van der Waals surface area contributed by atoms with Crippen LogP contribution in [0.25, 0.3) is 0 Å². The van der Waals surface area contributed by atoms with Crippen molar-refractivity contribution < 1.29 is 9.59 Å². The van der Waals surface area contributed by atoms with E-state index < -0.39 is 10.8 Å². The van der Waals surface area contributed by atoms with E-state index in [-0.39, 0.29) is 11.8 Å². The maximum atomic E-state index is 12.5. The monoisotopic (exact) mass is 341 g/mol. The molecule has 1 saturated heterocycles. The zero-order valence-corrected chi connectivity index (χ0v) is 15.3. The number of hydrogen-bond acceptors (Lipinski definition) is 5. The van der Waals surface area contributed by atoms with Gasteiger partial charge in [-0.05, 0) is 13.8 Å². The summed E-state index contributed by atoms with van der Waals surface area (Å²) in [5, 5.41) is 5.91. The second kappa shape index (κ2) is 6.58. The predicted octanol–water partition coefficient (Wildman–Crippen LogP) is 2.24. The summed E-state index contributed by atoms with van der Waals surface area (Å²) in [6.45, 7) is 8.44. The van der Waals surface area contributed by atoms with Crippen LogP contribution < -0.4 is 5.32 Å². The largest absolute Gasteiger partial charge is 0.342 e. The first-order chi connectivity index (χ1) is 10.2. The Morgan fingerprint density at radius 2 is 2.23 bits per heavy atom. The van der Waals surface area contributed by atoms with Crippen LogP contribution in [0.1, 0.15) is 44.3 Å². The van der Waals surface area contributed by atoms with E-state index in [1.807, 2.05) is 19.2 Å². The molecule has 1 N–H and O–H groups in total. The first kappa shape index (κ1) is 17.3. The second-order valence-electron chi connectivity index (χ2n) is 6.37. The third-order valence-corrected chi connectivity index (χ3v) is 6.20. The molecular formula is C15H23N3O2S2. The molecule has 122 valence electrons. The Bertz CT molecular complexity index is 569. The molecule has 5 nitrogen and oxygen atoms in total. The summed E-state index contributed by atoms with van der Waals surface area (Å²) >= 11 is 3.15. The number of amides is 2. The van der Waals surface area contributed by atoms with E-state index in [2.05, 4.69) is 24.1 Å². The number of thioether (sulfide) groups is 1. The van der Waals surface area contributed by atoms with Crippen LogP contribution in [0.2, 0.25) is 0 Å². The van der Waals surface area contributed by atoms with Crippen LogP contribution >= 0.6 is 23.1 Å². The second-order valence-corrected chi connectivity index (χ2v) is 8.91. The Balaban J connectivity index is 1.96. The van der Waals surface area contributed by atoms with E-state index in [0.29, 0.717) is 18.2 Å². The van der Waals surface area contributed by atoms with Crippen LogP contribution in [0.4, 0.5) is 0 Å². The van der Waals surface area contributed by atoms with Crippen LogP contribution in [0, 0.1) is 0 Å². The summed E-state index contributed by atoms with van der Waals surface area (Å²) in [4.78, 5) is 30.6. The Labute approximate surface area is 139 Å². The Morgan fingerprint density at radius 1 is 1.55 bits per heavy atom. The molecule has 1 fully saturated rings. The van der Waals surface area contributed by atoms with Crippen LogP contribution in [0.3, 0.4) is 0 Å². The van der Waals surface area contributed by atoms with Gasteiger partial charge in [-0.15, -0.1) is 23.1 Å². The molecule has 1 aliphatic rings. The van der Waals surface area contributed by atoms with E-state index in [1.54, 1.807) is 23.3 Å². The van der Waals surface area contributed by atoms with Gasteiger partial charge in [0, 0.05) is 24.1 Å². The van der Waals surface area contributed by atoms with Gasteiger partial charge in [0.05, 0.1) is 22.0 Å². The molecule has 1 atom stereocenters. The molecule has 0 bridgehead atoms. The van der Waals surface area contributed by atoms with Crippen molar-refractivity contribution in [1.82, 2.24) is 15.2 Å². The molecule has 1 aromatic heterocycles. The Kier molecular flexibility index (Phi) is 5.17. The first-order valence-corrected chi connectivity index (χ1v) is 9.21. The van der Waals surface area contributed by atoms with Gasteiger partial charge in [0.25, 0.3) is 0 Å². The van der Waals surface area contributed by atoms with E-state index in [9.17, 15) is 9.59 Å². The summed E-state index contributed by atoms with van der Waals surface area (Å²) in [5.74, 6) is 0.869. The number of likely N-dealkylation sites (N-methyl/N-ethyl adjacent to an activating group) is 1. The summed E-state index contributed by atoms with van der Waals surface area (Å²) in [7, 11) is 1.76. The van der Waals surface area contributed by atoms with Crippen LogP contribution in [0.5, 0.6) is 0 Å². The number of thiazole rings is 1. The third-order valence-electron chi connectivity index (χ3n) is 3.60. The highest BCUT2D eigenvalue weighted by Crippen LogP contribution is 2.29. The minimum atomic E-state index is -0.462. The molecule has 0 unspecified atom stereocenters. The fraction of sp³-hybridized carbons (Fsp3) is 0.667. The molecule has 7 heteroatoms. The van der Waals surface area contributed by atoms with Gasteiger partial charge in [0.15, 0.2) is 0 Å². The van der Waals surface area contributed by atoms with Gasteiger partial charge in [-0.3, -0.25) is 9.59 Å². The van der Waals surface area contributed by atoms with Crippen LogP contribution in [0.15, 0.2) is 5.38 Å². The summed E-state index contributed by atoms with van der Waals surface area (Å²) in [6, 6.07) is -0.446. The van der Waals surface area contributed by atoms with Gasteiger partial charge in [0.1, 0.15) is 6.04 Å². The van der Waals surface area contributed by atoms with E-state index in [0.717, 1.165) is 10.7 Å². The van der Waals surface area contributed by atoms with Gasteiger partial charge >= 0.3 is 0 Å². The molecule has 1 aliphatic heterocycles. The lowest BCUT2D eigenvalue weighted by atomic mass is 10.1. The first-order valence-electron chi connectivity index (χ1n) is 7.35. The number of carbonyl (C=O) groups excluding carboxylic acids is 2. The zero-order chi connectivity index (χ0) is 16.5. The van der Waals surface area contributed by atoms with Crippen molar-refractivity contribution in [3.63, 3.8) is 0 Å². The van der Waals surface area contributed by atoms with E-state index in [4.69, 9.17) is 0 Å². The van der Waals surface area contributed by atoms with Crippen LogP contribution in [-0.4, -0.2) is 45.3 Å². The van der Waals surface area contributed by atoms with Crippen molar-refractivity contribution in [3.05, 3.63) is 16.1 Å². The number of nitrogens with zero attached hydrogens (tertiary/aromatic N) is 2. The van der Waals surface area contributed by atoms with Gasteiger partial charge in [-0.25, -0.2) is 4.98 Å². The fourth-order valence-electron chi connectivity index (χ4n) is 2.11. The topological polar surface area (TPSA) is 62.3 Å². The molecule has 2 heterocycles. The Morgan fingerprint density at radius 3 is 2.77 bits per heavy atom. The summed E-state index contributed by atoms with van der Waals surface area (Å²) in [5.41, 5.74) is 0.902. The highest BCUT2D eigenvalue weighted by atomic mass is 32.2. The van der Waals surface area contributed by atoms with Crippen LogP contribution in [-0.2, 0) is 16.1 Å². The highest BCUT2D eigenvalue weighted by molar-refractivity contribution is 8.01. The van der Waals surface area contributed by atoms with Gasteiger partial charge in [-0.2, -0.15) is 0 Å². The standard InChI is InChI=1S/C15H23N3O2S2/c1-9(2)12-16-10(7-21-12)6-18(5)13(19)11-8-22-15(3,4)14(20)17-11/h7,9,11H,6,8H2,1-5H3,(H,17,20)/t11-/m0/s1. The molecule has 2 rings (SSSR count). The lowest BCUT2D eigenvalue weighted by Crippen LogP contribution is -2.57. The highest BCUT2D eigenvalue weighted by Gasteiger charge is 2.38.